The summed E-state index contributed by atoms with van der Waals surface area (Å²) >= 11 is 5.78. The molecule has 0 aromatic heterocycles. The number of rotatable bonds is 5. The second-order valence-corrected chi connectivity index (χ2v) is 8.19. The molecule has 138 valence electrons. The summed E-state index contributed by atoms with van der Waals surface area (Å²) in [6.07, 6.45) is 0. The van der Waals surface area contributed by atoms with Crippen LogP contribution in [0.1, 0.15) is 5.56 Å². The summed E-state index contributed by atoms with van der Waals surface area (Å²) in [5.41, 5.74) is 0.822. The highest BCUT2D eigenvalue weighted by molar-refractivity contribution is 7.87. The van der Waals surface area contributed by atoms with Gasteiger partial charge in [-0.15, -0.1) is 0 Å². The van der Waals surface area contributed by atoms with E-state index in [0.29, 0.717) is 16.3 Å². The van der Waals surface area contributed by atoms with Gasteiger partial charge in [0.25, 0.3) is 10.2 Å². The zero-order chi connectivity index (χ0) is 18.7. The standard InChI is InChI=1S/C17H17ClFN3O3S/c18-14-5-7-15(8-6-14)20-17(23)12-22-10-9-21(26(22,24)25)11-13-3-1-2-4-16(13)19/h1-8H,9-12H2,(H,20,23). The van der Waals surface area contributed by atoms with E-state index >= 15 is 0 Å². The first-order valence-corrected chi connectivity index (χ1v) is 9.68. The molecule has 3 rings (SSSR count). The van der Waals surface area contributed by atoms with Gasteiger partial charge in [0, 0.05) is 35.9 Å². The summed E-state index contributed by atoms with van der Waals surface area (Å²) in [5, 5.41) is 3.16. The first kappa shape index (κ1) is 18.8. The van der Waals surface area contributed by atoms with Crippen molar-refractivity contribution in [3.8, 4) is 0 Å². The molecular formula is C17H17ClFN3O3S. The Kier molecular flexibility index (Phi) is 5.57. The van der Waals surface area contributed by atoms with E-state index < -0.39 is 21.9 Å². The van der Waals surface area contributed by atoms with Crippen molar-refractivity contribution in [3.63, 3.8) is 0 Å². The molecule has 0 radical (unpaired) electrons. The molecule has 0 bridgehead atoms. The SMILES string of the molecule is O=C(CN1CCN(Cc2ccccc2F)S1(=O)=O)Nc1ccc(Cl)cc1. The number of nitrogens with zero attached hydrogens (tertiary/aromatic N) is 2. The lowest BCUT2D eigenvalue weighted by Crippen LogP contribution is -2.37. The van der Waals surface area contributed by atoms with Crippen LogP contribution in [-0.4, -0.2) is 42.6 Å². The van der Waals surface area contributed by atoms with E-state index in [-0.39, 0.29) is 26.2 Å². The largest absolute Gasteiger partial charge is 0.325 e. The summed E-state index contributed by atoms with van der Waals surface area (Å²) in [6, 6.07) is 12.5. The Hall–Kier alpha value is -2.00. The van der Waals surface area contributed by atoms with Gasteiger partial charge in [-0.1, -0.05) is 29.8 Å². The second-order valence-electron chi connectivity index (χ2n) is 5.82. The molecule has 0 atom stereocenters. The van der Waals surface area contributed by atoms with Crippen LogP contribution in [0.4, 0.5) is 10.1 Å². The van der Waals surface area contributed by atoms with E-state index in [4.69, 9.17) is 11.6 Å². The predicted molar refractivity (Wildman–Crippen MR) is 97.4 cm³/mol. The number of hydrogen-bond acceptors (Lipinski definition) is 3. The van der Waals surface area contributed by atoms with Crippen LogP contribution >= 0.6 is 11.6 Å². The van der Waals surface area contributed by atoms with Crippen molar-refractivity contribution in [1.29, 1.82) is 0 Å². The molecule has 1 fully saturated rings. The molecule has 26 heavy (non-hydrogen) atoms. The number of carbonyl (C=O) groups is 1. The van der Waals surface area contributed by atoms with Crippen molar-refractivity contribution in [1.82, 2.24) is 8.61 Å². The van der Waals surface area contributed by atoms with Crippen molar-refractivity contribution < 1.29 is 17.6 Å². The number of nitrogens with one attached hydrogen (secondary N) is 1. The number of amides is 1. The van der Waals surface area contributed by atoms with Crippen molar-refractivity contribution >= 4 is 33.4 Å². The Morgan fingerprint density at radius 3 is 2.42 bits per heavy atom. The Balaban J connectivity index is 1.63. The fourth-order valence-corrected chi connectivity index (χ4v) is 4.31. The molecule has 0 aliphatic carbocycles. The van der Waals surface area contributed by atoms with Gasteiger partial charge < -0.3 is 5.32 Å². The van der Waals surface area contributed by atoms with E-state index in [9.17, 15) is 17.6 Å². The lowest BCUT2D eigenvalue weighted by Gasteiger charge is -2.18. The highest BCUT2D eigenvalue weighted by atomic mass is 35.5. The maximum atomic E-state index is 13.8. The third-order valence-corrected chi connectivity index (χ3v) is 6.18. The smallest absolute Gasteiger partial charge is 0.282 e. The van der Waals surface area contributed by atoms with E-state index in [1.54, 1.807) is 42.5 Å². The Bertz CT molecular complexity index is 906. The third-order valence-electron chi connectivity index (χ3n) is 4.00. The molecule has 1 amide bonds. The molecule has 0 unspecified atom stereocenters. The minimum atomic E-state index is -3.82. The number of halogens is 2. The average molecular weight is 398 g/mol. The predicted octanol–water partition coefficient (Wildman–Crippen LogP) is 2.48. The van der Waals surface area contributed by atoms with Crippen LogP contribution in [0.2, 0.25) is 5.02 Å². The van der Waals surface area contributed by atoms with Crippen LogP contribution in [0.3, 0.4) is 0 Å². The molecule has 2 aromatic carbocycles. The van der Waals surface area contributed by atoms with Crippen molar-refractivity contribution in [2.24, 2.45) is 0 Å². The Morgan fingerprint density at radius 1 is 1.08 bits per heavy atom. The molecule has 2 aromatic rings. The van der Waals surface area contributed by atoms with Crippen LogP contribution in [0.25, 0.3) is 0 Å². The van der Waals surface area contributed by atoms with Gasteiger partial charge in [0.2, 0.25) is 5.91 Å². The van der Waals surface area contributed by atoms with Gasteiger partial charge in [0.15, 0.2) is 0 Å². The van der Waals surface area contributed by atoms with Gasteiger partial charge in [-0.3, -0.25) is 4.79 Å². The summed E-state index contributed by atoms with van der Waals surface area (Å²) in [4.78, 5) is 12.1. The lowest BCUT2D eigenvalue weighted by atomic mass is 10.2. The van der Waals surface area contributed by atoms with Crippen LogP contribution in [-0.2, 0) is 21.5 Å². The lowest BCUT2D eigenvalue weighted by molar-refractivity contribution is -0.116. The van der Waals surface area contributed by atoms with Crippen molar-refractivity contribution in [2.75, 3.05) is 25.0 Å². The zero-order valence-electron chi connectivity index (χ0n) is 13.7. The van der Waals surface area contributed by atoms with Crippen molar-refractivity contribution in [3.05, 3.63) is 64.9 Å². The van der Waals surface area contributed by atoms with E-state index in [1.807, 2.05) is 0 Å². The second kappa shape index (κ2) is 7.71. The summed E-state index contributed by atoms with van der Waals surface area (Å²) in [5.74, 6) is -0.912. The molecule has 0 saturated carbocycles. The molecule has 0 spiro atoms. The first-order valence-electron chi connectivity index (χ1n) is 7.90. The maximum absolute atomic E-state index is 13.8. The van der Waals surface area contributed by atoms with Crippen LogP contribution in [0, 0.1) is 5.82 Å². The first-order chi connectivity index (χ1) is 12.4. The summed E-state index contributed by atoms with van der Waals surface area (Å²) in [6.45, 7) is -0.00123. The van der Waals surface area contributed by atoms with Gasteiger partial charge in [-0.2, -0.15) is 17.0 Å². The fraction of sp³-hybridized carbons (Fsp3) is 0.235. The normalized spacial score (nSPS) is 17.3. The minimum absolute atomic E-state index is 0.0652. The maximum Gasteiger partial charge on any atom is 0.282 e. The summed E-state index contributed by atoms with van der Waals surface area (Å²) in [7, 11) is -3.82. The van der Waals surface area contributed by atoms with E-state index in [0.717, 1.165) is 4.31 Å². The van der Waals surface area contributed by atoms with Gasteiger partial charge in [-0.05, 0) is 30.3 Å². The number of hydrogen-bond donors (Lipinski definition) is 1. The zero-order valence-corrected chi connectivity index (χ0v) is 15.3. The molecular weight excluding hydrogens is 381 g/mol. The van der Waals surface area contributed by atoms with Crippen LogP contribution in [0.15, 0.2) is 48.5 Å². The highest BCUT2D eigenvalue weighted by Crippen LogP contribution is 2.21. The van der Waals surface area contributed by atoms with E-state index in [1.165, 1.54) is 10.4 Å². The highest BCUT2D eigenvalue weighted by Gasteiger charge is 2.37. The Morgan fingerprint density at radius 2 is 1.73 bits per heavy atom. The molecule has 1 heterocycles. The van der Waals surface area contributed by atoms with Gasteiger partial charge in [-0.25, -0.2) is 4.39 Å². The molecule has 1 aliphatic rings. The van der Waals surface area contributed by atoms with Crippen molar-refractivity contribution in [2.45, 2.75) is 6.54 Å². The van der Waals surface area contributed by atoms with Gasteiger partial charge in [0.1, 0.15) is 5.82 Å². The number of benzene rings is 2. The third kappa shape index (κ3) is 4.21. The number of anilines is 1. The van der Waals surface area contributed by atoms with Gasteiger partial charge >= 0.3 is 0 Å². The summed E-state index contributed by atoms with van der Waals surface area (Å²) < 4.78 is 41.2. The number of carbonyl (C=O) groups excluding carboxylic acids is 1. The fourth-order valence-electron chi connectivity index (χ4n) is 2.65. The minimum Gasteiger partial charge on any atom is -0.325 e. The van der Waals surface area contributed by atoms with Crippen LogP contribution in [0.5, 0.6) is 0 Å². The quantitative estimate of drug-likeness (QED) is 0.842. The average Bonchev–Trinajstić information content (AvgIpc) is 2.86. The topological polar surface area (TPSA) is 69.7 Å². The monoisotopic (exact) mass is 397 g/mol. The Labute approximate surface area is 156 Å². The molecule has 1 N–H and O–H groups in total. The van der Waals surface area contributed by atoms with E-state index in [2.05, 4.69) is 5.32 Å². The molecule has 9 heteroatoms. The van der Waals surface area contributed by atoms with Gasteiger partial charge in [0.05, 0.1) is 6.54 Å². The molecule has 1 aliphatic heterocycles. The molecule has 1 saturated heterocycles. The molecule has 6 nitrogen and oxygen atoms in total. The van der Waals surface area contributed by atoms with Crippen LogP contribution < -0.4 is 5.32 Å².